The monoisotopic (exact) mass is 348 g/mol. The molecule has 26 heavy (non-hydrogen) atoms. The van der Waals surface area contributed by atoms with Gasteiger partial charge in [-0.05, 0) is 67.4 Å². The van der Waals surface area contributed by atoms with E-state index in [1.165, 1.54) is 5.56 Å². The summed E-state index contributed by atoms with van der Waals surface area (Å²) in [5.41, 5.74) is 3.71. The summed E-state index contributed by atoms with van der Waals surface area (Å²) in [6, 6.07) is 4.36. The second kappa shape index (κ2) is 7.70. The van der Waals surface area contributed by atoms with Gasteiger partial charge in [-0.3, -0.25) is 0 Å². The first-order valence-corrected chi connectivity index (χ1v) is 10.0. The Balaban J connectivity index is 1.91. The van der Waals surface area contributed by atoms with E-state index in [0.29, 0.717) is 5.75 Å². The average Bonchev–Trinajstić information content (AvgIpc) is 2.67. The molecule has 0 fully saturated rings. The highest BCUT2D eigenvalue weighted by Gasteiger charge is 2.30. The number of phenolic OH excluding ortho intramolecular Hbond substituents is 1. The van der Waals surface area contributed by atoms with Crippen LogP contribution >= 0.6 is 0 Å². The molecule has 0 spiro atoms. The number of aromatic hydroxyl groups is 1. The van der Waals surface area contributed by atoms with Gasteiger partial charge in [-0.2, -0.15) is 0 Å². The molecule has 138 valence electrons. The van der Waals surface area contributed by atoms with Gasteiger partial charge in [0.05, 0.1) is 0 Å². The van der Waals surface area contributed by atoms with Crippen molar-refractivity contribution in [3.63, 3.8) is 0 Å². The van der Waals surface area contributed by atoms with Crippen molar-refractivity contribution in [2.45, 2.75) is 59.3 Å². The minimum atomic E-state index is 0.132. The van der Waals surface area contributed by atoms with Crippen LogP contribution in [0.25, 0.3) is 0 Å². The van der Waals surface area contributed by atoms with Crippen molar-refractivity contribution < 1.29 is 5.11 Å². The van der Waals surface area contributed by atoms with Crippen LogP contribution in [0.5, 0.6) is 5.75 Å². The lowest BCUT2D eigenvalue weighted by Crippen LogP contribution is -2.23. The molecule has 0 aromatic heterocycles. The fourth-order valence-electron chi connectivity index (χ4n) is 4.42. The average molecular weight is 349 g/mol. The van der Waals surface area contributed by atoms with Gasteiger partial charge in [-0.1, -0.05) is 80.2 Å². The first-order chi connectivity index (χ1) is 12.5. The summed E-state index contributed by atoms with van der Waals surface area (Å²) in [4.78, 5) is 0. The predicted octanol–water partition coefficient (Wildman–Crippen LogP) is 6.61. The molecular weight excluding hydrogens is 316 g/mol. The normalized spacial score (nSPS) is 27.2. The molecule has 1 aromatic carbocycles. The quantitative estimate of drug-likeness (QED) is 0.613. The lowest BCUT2D eigenvalue weighted by Gasteiger charge is -2.33. The Morgan fingerprint density at radius 2 is 1.27 bits per heavy atom. The van der Waals surface area contributed by atoms with Crippen molar-refractivity contribution in [2.24, 2.45) is 10.8 Å². The Bertz CT molecular complexity index is 703. The van der Waals surface area contributed by atoms with Gasteiger partial charge in [0.2, 0.25) is 0 Å². The van der Waals surface area contributed by atoms with Gasteiger partial charge >= 0.3 is 0 Å². The third-order valence-electron chi connectivity index (χ3n) is 6.35. The topological polar surface area (TPSA) is 20.2 Å². The van der Waals surface area contributed by atoms with E-state index in [4.69, 9.17) is 0 Å². The maximum absolute atomic E-state index is 11.1. The van der Waals surface area contributed by atoms with Crippen LogP contribution in [-0.2, 0) is 12.8 Å². The van der Waals surface area contributed by atoms with E-state index in [2.05, 4.69) is 81.5 Å². The summed E-state index contributed by atoms with van der Waals surface area (Å²) in [5.74, 6) is 0.516. The SMILES string of the molecule is CCC1(Cc2cc(C)cc(CC3(CC)C=CC=CC3)c2O)C=CC=CC1. The molecule has 0 heterocycles. The third kappa shape index (κ3) is 3.87. The third-order valence-corrected chi connectivity index (χ3v) is 6.35. The van der Waals surface area contributed by atoms with Gasteiger partial charge in [0, 0.05) is 0 Å². The fourth-order valence-corrected chi connectivity index (χ4v) is 4.42. The van der Waals surface area contributed by atoms with E-state index < -0.39 is 0 Å². The van der Waals surface area contributed by atoms with E-state index in [-0.39, 0.29) is 10.8 Å². The van der Waals surface area contributed by atoms with Crippen molar-refractivity contribution in [1.82, 2.24) is 0 Å². The molecule has 1 aromatic rings. The van der Waals surface area contributed by atoms with E-state index in [0.717, 1.165) is 49.7 Å². The number of allylic oxidation sites excluding steroid dienone is 8. The van der Waals surface area contributed by atoms with Crippen molar-refractivity contribution in [1.29, 1.82) is 0 Å². The molecule has 0 aliphatic heterocycles. The lowest BCUT2D eigenvalue weighted by molar-refractivity contribution is 0.345. The van der Waals surface area contributed by atoms with Crippen LogP contribution in [0.4, 0.5) is 0 Å². The van der Waals surface area contributed by atoms with Crippen LogP contribution in [0.15, 0.2) is 60.7 Å². The summed E-state index contributed by atoms with van der Waals surface area (Å²) in [6.07, 6.45) is 23.8. The van der Waals surface area contributed by atoms with Crippen LogP contribution in [-0.4, -0.2) is 5.11 Å². The smallest absolute Gasteiger partial charge is 0.122 e. The molecular formula is C25H32O. The Labute approximate surface area is 158 Å². The first-order valence-electron chi connectivity index (χ1n) is 10.0. The zero-order chi connectivity index (χ0) is 18.6. The molecule has 0 radical (unpaired) electrons. The Hall–Kier alpha value is -2.02. The lowest BCUT2D eigenvalue weighted by atomic mass is 9.72. The maximum Gasteiger partial charge on any atom is 0.122 e. The minimum absolute atomic E-state index is 0.132. The molecule has 3 rings (SSSR count). The largest absolute Gasteiger partial charge is 0.507 e. The van der Waals surface area contributed by atoms with Gasteiger partial charge in [0.1, 0.15) is 5.75 Å². The highest BCUT2D eigenvalue weighted by Crippen LogP contribution is 2.42. The summed E-state index contributed by atoms with van der Waals surface area (Å²) >= 11 is 0. The van der Waals surface area contributed by atoms with Gasteiger partial charge in [-0.25, -0.2) is 0 Å². The number of hydrogen-bond donors (Lipinski definition) is 1. The summed E-state index contributed by atoms with van der Waals surface area (Å²) < 4.78 is 0. The van der Waals surface area contributed by atoms with Gasteiger partial charge in [0.15, 0.2) is 0 Å². The second-order valence-electron chi connectivity index (χ2n) is 8.20. The zero-order valence-electron chi connectivity index (χ0n) is 16.5. The molecule has 1 nitrogen and oxygen atoms in total. The van der Waals surface area contributed by atoms with Crippen LogP contribution < -0.4 is 0 Å². The van der Waals surface area contributed by atoms with Crippen LogP contribution in [0.3, 0.4) is 0 Å². The Morgan fingerprint density at radius 3 is 1.62 bits per heavy atom. The molecule has 1 N–H and O–H groups in total. The number of hydrogen-bond acceptors (Lipinski definition) is 1. The molecule has 0 amide bonds. The summed E-state index contributed by atoms with van der Waals surface area (Å²) in [7, 11) is 0. The van der Waals surface area contributed by atoms with Gasteiger partial charge in [0.25, 0.3) is 0 Å². The number of aryl methyl sites for hydroxylation is 1. The zero-order valence-corrected chi connectivity index (χ0v) is 16.5. The van der Waals surface area contributed by atoms with Crippen LogP contribution in [0.2, 0.25) is 0 Å². The maximum atomic E-state index is 11.1. The van der Waals surface area contributed by atoms with E-state index >= 15 is 0 Å². The van der Waals surface area contributed by atoms with Crippen molar-refractivity contribution in [3.05, 3.63) is 77.4 Å². The molecule has 0 saturated heterocycles. The van der Waals surface area contributed by atoms with Gasteiger partial charge < -0.3 is 5.11 Å². The van der Waals surface area contributed by atoms with E-state index in [1.807, 2.05) is 0 Å². The Kier molecular flexibility index (Phi) is 5.55. The minimum Gasteiger partial charge on any atom is -0.507 e. The van der Waals surface area contributed by atoms with E-state index in [1.54, 1.807) is 0 Å². The molecule has 2 unspecified atom stereocenters. The summed E-state index contributed by atoms with van der Waals surface area (Å²) in [5, 5.41) is 11.1. The molecule has 2 aliphatic rings. The van der Waals surface area contributed by atoms with Crippen LogP contribution in [0.1, 0.15) is 56.2 Å². The van der Waals surface area contributed by atoms with E-state index in [9.17, 15) is 5.11 Å². The highest BCUT2D eigenvalue weighted by atomic mass is 16.3. The second-order valence-corrected chi connectivity index (χ2v) is 8.20. The predicted molar refractivity (Wildman–Crippen MR) is 111 cm³/mol. The van der Waals surface area contributed by atoms with Crippen molar-refractivity contribution in [3.8, 4) is 5.75 Å². The molecule has 2 aliphatic carbocycles. The molecule has 2 atom stereocenters. The number of phenols is 1. The Morgan fingerprint density at radius 1 is 0.808 bits per heavy atom. The van der Waals surface area contributed by atoms with Crippen molar-refractivity contribution >= 4 is 0 Å². The molecule has 1 heteroatoms. The molecule has 0 bridgehead atoms. The fraction of sp³-hybridized carbons (Fsp3) is 0.440. The van der Waals surface area contributed by atoms with Crippen LogP contribution in [0, 0.1) is 17.8 Å². The van der Waals surface area contributed by atoms with Gasteiger partial charge in [-0.15, -0.1) is 0 Å². The standard InChI is InChI=1S/C25H32O/c1-4-24(12-8-6-9-13-24)18-21-16-20(3)17-22(23(21)26)19-25(5-2)14-10-7-11-15-25/h6-12,14,16-17,26H,4-5,13,15,18-19H2,1-3H3. The molecule has 0 saturated carbocycles. The summed E-state index contributed by atoms with van der Waals surface area (Å²) in [6.45, 7) is 6.65. The first kappa shape index (κ1) is 18.8. The number of benzene rings is 1. The highest BCUT2D eigenvalue weighted by molar-refractivity contribution is 5.46. The van der Waals surface area contributed by atoms with Crippen molar-refractivity contribution in [2.75, 3.05) is 0 Å². The number of rotatable bonds is 6.